The van der Waals surface area contributed by atoms with Crippen LogP contribution in [0.3, 0.4) is 0 Å². The van der Waals surface area contributed by atoms with E-state index in [0.29, 0.717) is 5.56 Å². The molecule has 0 bridgehead atoms. The van der Waals surface area contributed by atoms with Gasteiger partial charge in [-0.1, -0.05) is 130 Å². The summed E-state index contributed by atoms with van der Waals surface area (Å²) in [4.78, 5) is -0.162. The number of rotatable bonds is 20. The second kappa shape index (κ2) is 18.3. The maximum atomic E-state index is 11.5. The summed E-state index contributed by atoms with van der Waals surface area (Å²) >= 11 is 0. The number of aliphatic hydroxyl groups excluding tert-OH is 1. The van der Waals surface area contributed by atoms with Crippen LogP contribution in [0.2, 0.25) is 0 Å². The molecule has 0 aliphatic rings. The number of hydrogen-bond donors (Lipinski definition) is 3. The van der Waals surface area contributed by atoms with E-state index in [1.165, 1.54) is 108 Å². The molecule has 1 atom stereocenters. The Morgan fingerprint density at radius 3 is 1.54 bits per heavy atom. The summed E-state index contributed by atoms with van der Waals surface area (Å²) in [6.45, 7) is 8.20. The summed E-state index contributed by atoms with van der Waals surface area (Å²) in [5.74, 6) is 0. The van der Waals surface area contributed by atoms with E-state index in [2.05, 4.69) is 20.8 Å². The third kappa shape index (κ3) is 14.4. The molecule has 0 aliphatic carbocycles. The molecule has 1 aromatic carbocycles. The average molecular weight is 514 g/mol. The highest BCUT2D eigenvalue weighted by Gasteiger charge is 2.26. The van der Waals surface area contributed by atoms with Crippen molar-refractivity contribution in [1.82, 2.24) is 6.15 Å². The predicted octanol–water partition coefficient (Wildman–Crippen LogP) is 9.08. The van der Waals surface area contributed by atoms with Gasteiger partial charge in [-0.3, -0.25) is 4.55 Å². The van der Waals surface area contributed by atoms with Gasteiger partial charge in [-0.25, -0.2) is 0 Å². The van der Waals surface area contributed by atoms with Crippen LogP contribution in [-0.4, -0.2) is 18.1 Å². The lowest BCUT2D eigenvalue weighted by Gasteiger charge is -2.29. The number of hydrogen-bond acceptors (Lipinski definition) is 4. The van der Waals surface area contributed by atoms with E-state index in [1.54, 1.807) is 13.0 Å². The first-order valence-corrected chi connectivity index (χ1v) is 15.3. The van der Waals surface area contributed by atoms with Gasteiger partial charge in [0.25, 0.3) is 10.1 Å². The lowest BCUT2D eigenvalue weighted by molar-refractivity contribution is 0.195. The molecule has 1 unspecified atom stereocenters. The molecule has 5 nitrogen and oxygen atoms in total. The summed E-state index contributed by atoms with van der Waals surface area (Å²) in [5, 5.41) is 10.2. The summed E-state index contributed by atoms with van der Waals surface area (Å²) in [6.07, 6.45) is 21.8. The molecule has 0 aromatic heterocycles. The molecule has 35 heavy (non-hydrogen) atoms. The van der Waals surface area contributed by atoms with Crippen molar-refractivity contribution in [3.63, 3.8) is 0 Å². The lowest BCUT2D eigenvalue weighted by Crippen LogP contribution is -2.20. The minimum atomic E-state index is -4.28. The number of aliphatic hydroxyl groups is 1. The largest absolute Gasteiger partial charge is 0.389 e. The van der Waals surface area contributed by atoms with E-state index in [-0.39, 0.29) is 16.5 Å². The maximum Gasteiger partial charge on any atom is 0.294 e. The Labute approximate surface area is 216 Å². The molecule has 0 saturated carbocycles. The van der Waals surface area contributed by atoms with Crippen molar-refractivity contribution in [2.45, 2.75) is 153 Å². The van der Waals surface area contributed by atoms with Crippen molar-refractivity contribution in [2.75, 3.05) is 0 Å². The molecule has 1 aromatic rings. The van der Waals surface area contributed by atoms with Crippen LogP contribution < -0.4 is 6.15 Å². The van der Waals surface area contributed by atoms with Gasteiger partial charge in [0.1, 0.15) is 0 Å². The third-order valence-corrected chi connectivity index (χ3v) is 8.01. The van der Waals surface area contributed by atoms with Gasteiger partial charge in [-0.05, 0) is 42.0 Å². The quantitative estimate of drug-likeness (QED) is 0.119. The Morgan fingerprint density at radius 2 is 1.17 bits per heavy atom. The fourth-order valence-corrected chi connectivity index (χ4v) is 5.43. The minimum absolute atomic E-state index is 0. The van der Waals surface area contributed by atoms with Crippen molar-refractivity contribution < 1.29 is 18.1 Å². The Bertz CT molecular complexity index is 775. The molecule has 0 heterocycles. The molecule has 206 valence electrons. The van der Waals surface area contributed by atoms with E-state index in [1.807, 2.05) is 0 Å². The molecule has 6 heteroatoms. The molecular formula is C29H55NO4S. The zero-order valence-electron chi connectivity index (χ0n) is 23.2. The highest BCUT2D eigenvalue weighted by atomic mass is 32.2. The second-order valence-electron chi connectivity index (χ2n) is 10.8. The predicted molar refractivity (Wildman–Crippen MR) is 149 cm³/mol. The van der Waals surface area contributed by atoms with Crippen LogP contribution in [0, 0.1) is 0 Å². The SMILES string of the molecule is CCCCCCCCCCCCCCCCCCC(C)(C)c1ccc(S(=O)(=O)O)cc1C(C)O.N. The molecule has 5 N–H and O–H groups in total. The first-order valence-electron chi connectivity index (χ1n) is 13.9. The smallest absolute Gasteiger partial charge is 0.294 e. The molecule has 1 rings (SSSR count). The van der Waals surface area contributed by atoms with Crippen molar-refractivity contribution >= 4 is 10.1 Å². The summed E-state index contributed by atoms with van der Waals surface area (Å²) in [6, 6.07) is 4.59. The van der Waals surface area contributed by atoms with Gasteiger partial charge in [0.15, 0.2) is 0 Å². The third-order valence-electron chi connectivity index (χ3n) is 7.16. The van der Waals surface area contributed by atoms with E-state index >= 15 is 0 Å². The monoisotopic (exact) mass is 513 g/mol. The van der Waals surface area contributed by atoms with Crippen LogP contribution in [0.15, 0.2) is 23.1 Å². The summed E-state index contributed by atoms with van der Waals surface area (Å²) in [5.41, 5.74) is 1.37. The standard InChI is InChI=1S/C29H52O4S.H3N/c1-5-6-7-8-9-10-11-12-13-14-15-16-17-18-19-20-23-29(3,4)28-22-21-26(34(31,32)33)24-27(28)25(2)30;/h21-22,24-25,30H,5-20,23H2,1-4H3,(H,31,32,33);1H3. The van der Waals surface area contributed by atoms with Crippen LogP contribution in [0.5, 0.6) is 0 Å². The maximum absolute atomic E-state index is 11.5. The Morgan fingerprint density at radius 1 is 0.771 bits per heavy atom. The summed E-state index contributed by atoms with van der Waals surface area (Å²) < 4.78 is 32.3. The van der Waals surface area contributed by atoms with Crippen LogP contribution in [0.4, 0.5) is 0 Å². The van der Waals surface area contributed by atoms with Gasteiger partial charge >= 0.3 is 0 Å². The average Bonchev–Trinajstić information content (AvgIpc) is 2.77. The molecule has 0 saturated heterocycles. The van der Waals surface area contributed by atoms with Crippen LogP contribution >= 0.6 is 0 Å². The van der Waals surface area contributed by atoms with Crippen molar-refractivity contribution in [2.24, 2.45) is 0 Å². The van der Waals surface area contributed by atoms with Gasteiger partial charge in [0, 0.05) is 0 Å². The van der Waals surface area contributed by atoms with E-state index in [0.717, 1.165) is 18.4 Å². The first-order chi connectivity index (χ1) is 16.1. The lowest BCUT2D eigenvalue weighted by atomic mass is 9.77. The van der Waals surface area contributed by atoms with Crippen LogP contribution in [0.25, 0.3) is 0 Å². The van der Waals surface area contributed by atoms with Gasteiger partial charge < -0.3 is 11.3 Å². The van der Waals surface area contributed by atoms with Gasteiger partial charge in [-0.2, -0.15) is 8.42 Å². The highest BCUT2D eigenvalue weighted by molar-refractivity contribution is 7.85. The van der Waals surface area contributed by atoms with Crippen LogP contribution in [-0.2, 0) is 15.5 Å². The molecule has 0 aliphatic heterocycles. The van der Waals surface area contributed by atoms with Crippen molar-refractivity contribution in [3.8, 4) is 0 Å². The molecule has 0 radical (unpaired) electrons. The number of unbranched alkanes of at least 4 members (excludes halogenated alkanes) is 15. The van der Waals surface area contributed by atoms with E-state index in [4.69, 9.17) is 0 Å². The zero-order chi connectivity index (χ0) is 25.5. The summed E-state index contributed by atoms with van der Waals surface area (Å²) in [7, 11) is -4.28. The zero-order valence-corrected chi connectivity index (χ0v) is 24.0. The second-order valence-corrected chi connectivity index (χ2v) is 12.3. The van der Waals surface area contributed by atoms with E-state index in [9.17, 15) is 18.1 Å². The Balaban J connectivity index is 0.0000116. The molecule has 0 spiro atoms. The molecule has 0 fully saturated rings. The highest BCUT2D eigenvalue weighted by Crippen LogP contribution is 2.35. The fraction of sp³-hybridized carbons (Fsp3) is 0.793. The topological polar surface area (TPSA) is 110 Å². The van der Waals surface area contributed by atoms with Gasteiger partial charge in [-0.15, -0.1) is 0 Å². The molecular weight excluding hydrogens is 458 g/mol. The van der Waals surface area contributed by atoms with Crippen molar-refractivity contribution in [3.05, 3.63) is 29.3 Å². The first kappa shape index (κ1) is 34.0. The Hall–Kier alpha value is -0.950. The van der Waals surface area contributed by atoms with Gasteiger partial charge in [0.05, 0.1) is 11.0 Å². The van der Waals surface area contributed by atoms with E-state index < -0.39 is 16.2 Å². The normalized spacial score (nSPS) is 13.0. The fourth-order valence-electron chi connectivity index (χ4n) is 4.91. The van der Waals surface area contributed by atoms with Gasteiger partial charge in [0.2, 0.25) is 0 Å². The minimum Gasteiger partial charge on any atom is -0.389 e. The molecule has 0 amide bonds. The van der Waals surface area contributed by atoms with Crippen molar-refractivity contribution in [1.29, 1.82) is 0 Å². The van der Waals surface area contributed by atoms with Crippen LogP contribution in [0.1, 0.15) is 154 Å². The Kier molecular flexibility index (Phi) is 17.8. The number of benzene rings is 1.